The van der Waals surface area contributed by atoms with Crippen molar-refractivity contribution < 1.29 is 0 Å². The summed E-state index contributed by atoms with van der Waals surface area (Å²) in [4.78, 5) is 19.5. The maximum absolute atomic E-state index is 4.70. The van der Waals surface area contributed by atoms with Gasteiger partial charge < -0.3 is 20.4 Å². The number of hydrogen-bond acceptors (Lipinski definition) is 8. The van der Waals surface area contributed by atoms with Crippen LogP contribution in [0.2, 0.25) is 0 Å². The van der Waals surface area contributed by atoms with E-state index in [0.29, 0.717) is 5.95 Å². The molecule has 1 fully saturated rings. The third kappa shape index (κ3) is 4.65. The summed E-state index contributed by atoms with van der Waals surface area (Å²) in [5.74, 6) is 0.590. The summed E-state index contributed by atoms with van der Waals surface area (Å²) in [6.45, 7) is 9.28. The van der Waals surface area contributed by atoms with Crippen LogP contribution in [0.25, 0.3) is 10.6 Å². The summed E-state index contributed by atoms with van der Waals surface area (Å²) in [6, 6.07) is 10.4. The molecule has 0 saturated carbocycles. The van der Waals surface area contributed by atoms with Gasteiger partial charge in [-0.3, -0.25) is 0 Å². The Morgan fingerprint density at radius 1 is 1.03 bits per heavy atom. The highest BCUT2D eigenvalue weighted by Gasteiger charge is 2.14. The molecule has 0 atom stereocenters. The summed E-state index contributed by atoms with van der Waals surface area (Å²) >= 11 is 1.62. The lowest BCUT2D eigenvalue weighted by Crippen LogP contribution is -2.44. The first-order valence-corrected chi connectivity index (χ1v) is 10.8. The van der Waals surface area contributed by atoms with Crippen LogP contribution in [0.3, 0.4) is 0 Å². The third-order valence-electron chi connectivity index (χ3n) is 5.00. The molecule has 1 aliphatic rings. The Morgan fingerprint density at radius 3 is 2.52 bits per heavy atom. The summed E-state index contributed by atoms with van der Waals surface area (Å²) in [6.07, 6.45) is 1.79. The van der Waals surface area contributed by atoms with Crippen molar-refractivity contribution >= 4 is 33.8 Å². The minimum absolute atomic E-state index is 0.590. The molecule has 0 unspecified atom stereocenters. The van der Waals surface area contributed by atoms with Crippen LogP contribution in [0.15, 0.2) is 36.5 Å². The molecule has 0 spiro atoms. The zero-order valence-electron chi connectivity index (χ0n) is 17.1. The van der Waals surface area contributed by atoms with Gasteiger partial charge in [-0.2, -0.15) is 0 Å². The molecule has 8 heteroatoms. The van der Waals surface area contributed by atoms with E-state index in [4.69, 9.17) is 4.98 Å². The highest BCUT2D eigenvalue weighted by atomic mass is 32.1. The molecule has 1 aromatic carbocycles. The topological polar surface area (TPSA) is 69.2 Å². The van der Waals surface area contributed by atoms with Crippen LogP contribution in [0.1, 0.15) is 12.6 Å². The van der Waals surface area contributed by atoms with Gasteiger partial charge in [0.1, 0.15) is 0 Å². The lowest BCUT2D eigenvalue weighted by Gasteiger charge is -2.34. The fourth-order valence-electron chi connectivity index (χ4n) is 3.36. The summed E-state index contributed by atoms with van der Waals surface area (Å²) < 4.78 is 0. The number of nitrogens with one attached hydrogen (secondary N) is 2. The molecule has 2 aromatic heterocycles. The smallest absolute Gasteiger partial charge is 0.227 e. The van der Waals surface area contributed by atoms with Crippen LogP contribution in [0.4, 0.5) is 22.5 Å². The second-order valence-electron chi connectivity index (χ2n) is 7.19. The van der Waals surface area contributed by atoms with E-state index in [0.717, 1.165) is 59.8 Å². The first-order valence-electron chi connectivity index (χ1n) is 9.97. The summed E-state index contributed by atoms with van der Waals surface area (Å²) in [5.41, 5.74) is 4.10. The number of anilines is 4. The molecule has 7 nitrogen and oxygen atoms in total. The third-order valence-corrected chi connectivity index (χ3v) is 6.14. The second-order valence-corrected chi connectivity index (χ2v) is 8.19. The lowest BCUT2D eigenvalue weighted by atomic mass is 10.2. The largest absolute Gasteiger partial charge is 0.369 e. The van der Waals surface area contributed by atoms with Crippen LogP contribution < -0.4 is 15.5 Å². The highest BCUT2D eigenvalue weighted by Crippen LogP contribution is 2.32. The van der Waals surface area contributed by atoms with E-state index in [9.17, 15) is 0 Å². The van der Waals surface area contributed by atoms with Crippen molar-refractivity contribution in [3.63, 3.8) is 0 Å². The van der Waals surface area contributed by atoms with Crippen molar-refractivity contribution in [3.8, 4) is 10.6 Å². The molecule has 152 valence electrons. The van der Waals surface area contributed by atoms with Crippen molar-refractivity contribution in [2.24, 2.45) is 0 Å². The number of aromatic nitrogens is 3. The molecule has 0 bridgehead atoms. The molecule has 1 saturated heterocycles. The van der Waals surface area contributed by atoms with Crippen molar-refractivity contribution in [1.29, 1.82) is 0 Å². The zero-order valence-corrected chi connectivity index (χ0v) is 18.0. The molecule has 1 aliphatic heterocycles. The number of benzene rings is 1. The average molecular weight is 410 g/mol. The van der Waals surface area contributed by atoms with E-state index >= 15 is 0 Å². The molecule has 4 rings (SSSR count). The lowest BCUT2D eigenvalue weighted by molar-refractivity contribution is 0.313. The first-order chi connectivity index (χ1) is 14.1. The highest BCUT2D eigenvalue weighted by molar-refractivity contribution is 7.19. The van der Waals surface area contributed by atoms with Crippen LogP contribution in [0.5, 0.6) is 0 Å². The minimum atomic E-state index is 0.590. The van der Waals surface area contributed by atoms with E-state index in [1.54, 1.807) is 17.5 Å². The Kier molecular flexibility index (Phi) is 5.92. The Labute approximate surface area is 175 Å². The number of rotatable bonds is 6. The normalized spacial score (nSPS) is 14.8. The minimum Gasteiger partial charge on any atom is -0.369 e. The van der Waals surface area contributed by atoms with E-state index < -0.39 is 0 Å². The van der Waals surface area contributed by atoms with Crippen LogP contribution in [-0.2, 0) is 0 Å². The SMILES string of the molecule is CCNc1nc(C)c(-c2ccnc(Nc3ccc(N4CCN(C)CC4)cc3)n2)s1. The number of thiazole rings is 1. The predicted octanol–water partition coefficient (Wildman–Crippen LogP) is 3.84. The van der Waals surface area contributed by atoms with Gasteiger partial charge in [-0.05, 0) is 51.2 Å². The van der Waals surface area contributed by atoms with E-state index in [-0.39, 0.29) is 0 Å². The first kappa shape index (κ1) is 19.6. The van der Waals surface area contributed by atoms with Gasteiger partial charge in [0.2, 0.25) is 5.95 Å². The monoisotopic (exact) mass is 409 g/mol. The fraction of sp³-hybridized carbons (Fsp3) is 0.381. The Bertz CT molecular complexity index is 946. The van der Waals surface area contributed by atoms with E-state index in [1.807, 2.05) is 13.0 Å². The van der Waals surface area contributed by atoms with E-state index in [1.165, 1.54) is 5.69 Å². The standard InChI is InChI=1S/C21H27N7S/c1-4-22-21-24-15(2)19(29-21)18-9-10-23-20(26-18)25-16-5-7-17(8-6-16)28-13-11-27(3)12-14-28/h5-10H,4,11-14H2,1-3H3,(H,22,24)(H,23,25,26). The average Bonchev–Trinajstić information content (AvgIpc) is 3.10. The van der Waals surface area contributed by atoms with Gasteiger partial charge in [0.25, 0.3) is 0 Å². The maximum atomic E-state index is 4.70. The molecule has 0 aliphatic carbocycles. The van der Waals surface area contributed by atoms with Crippen molar-refractivity contribution in [1.82, 2.24) is 19.9 Å². The number of likely N-dealkylation sites (N-methyl/N-ethyl adjacent to an activating group) is 1. The summed E-state index contributed by atoms with van der Waals surface area (Å²) in [5, 5.41) is 7.52. The Morgan fingerprint density at radius 2 is 1.79 bits per heavy atom. The second kappa shape index (κ2) is 8.75. The van der Waals surface area contributed by atoms with Gasteiger partial charge in [0, 0.05) is 50.3 Å². The molecule has 29 heavy (non-hydrogen) atoms. The number of aryl methyl sites for hydroxylation is 1. The van der Waals surface area contributed by atoms with Gasteiger partial charge >= 0.3 is 0 Å². The molecule has 0 radical (unpaired) electrons. The molecular formula is C21H27N7S. The van der Waals surface area contributed by atoms with Crippen molar-refractivity contribution in [2.45, 2.75) is 13.8 Å². The van der Waals surface area contributed by atoms with E-state index in [2.05, 4.69) is 68.6 Å². The van der Waals surface area contributed by atoms with Crippen molar-refractivity contribution in [3.05, 3.63) is 42.2 Å². The van der Waals surface area contributed by atoms with Gasteiger partial charge in [-0.1, -0.05) is 11.3 Å². The fourth-order valence-corrected chi connectivity index (χ4v) is 4.36. The predicted molar refractivity (Wildman–Crippen MR) is 121 cm³/mol. The van der Waals surface area contributed by atoms with Gasteiger partial charge in [0.15, 0.2) is 5.13 Å². The number of nitrogens with zero attached hydrogens (tertiary/aromatic N) is 5. The molecular weight excluding hydrogens is 382 g/mol. The Balaban J connectivity index is 1.47. The van der Waals surface area contributed by atoms with Crippen LogP contribution in [0, 0.1) is 6.92 Å². The molecule has 2 N–H and O–H groups in total. The van der Waals surface area contributed by atoms with Gasteiger partial charge in [0.05, 0.1) is 16.3 Å². The quantitative estimate of drug-likeness (QED) is 0.641. The van der Waals surface area contributed by atoms with Crippen LogP contribution >= 0.6 is 11.3 Å². The molecule has 0 amide bonds. The maximum Gasteiger partial charge on any atom is 0.227 e. The summed E-state index contributed by atoms with van der Waals surface area (Å²) in [7, 11) is 2.17. The molecule has 3 heterocycles. The van der Waals surface area contributed by atoms with Crippen LogP contribution in [-0.4, -0.2) is 59.6 Å². The number of piperazine rings is 1. The zero-order chi connectivity index (χ0) is 20.2. The van der Waals surface area contributed by atoms with Gasteiger partial charge in [-0.25, -0.2) is 15.0 Å². The van der Waals surface area contributed by atoms with Crippen molar-refractivity contribution in [2.75, 3.05) is 55.3 Å². The number of hydrogen-bond donors (Lipinski definition) is 2. The Hall–Kier alpha value is -2.71. The van der Waals surface area contributed by atoms with Gasteiger partial charge in [-0.15, -0.1) is 0 Å². The molecule has 3 aromatic rings.